The minimum atomic E-state index is -1.14. The molecule has 6 aromatic rings. The fraction of sp³-hybridized carbons (Fsp3) is 0.444. The molecule has 0 aliphatic heterocycles. The minimum absolute atomic E-state index is 0.640. The SMILES string of the molecule is COc1ccc(C(C#CC#CC(c2ccc(C)c(N)c2)(c2ccc(OC)c(CN(C)CCN(C)C)c2)c2ccc(OC)c(CN(C)CCN(C)C)c2)(c2ccc(C)c(N)c2)c2ccc(OC)c(CN(C)CCN(C)C)c2)cc1CN(C)CCN(C)C. The van der Waals surface area contributed by atoms with Crippen molar-refractivity contribution in [1.82, 2.24) is 39.2 Å². The summed E-state index contributed by atoms with van der Waals surface area (Å²) in [6.07, 6.45) is 0. The number of ether oxygens (including phenoxy) is 4. The molecule has 0 aliphatic rings. The van der Waals surface area contributed by atoms with Gasteiger partial charge in [-0.15, -0.1) is 0 Å². The summed E-state index contributed by atoms with van der Waals surface area (Å²) in [5, 5.41) is 0. The second kappa shape index (κ2) is 31.5. The number of likely N-dealkylation sites (N-methyl/N-ethyl adjacent to an activating group) is 8. The molecular weight excluding hydrogens is 1070 g/mol. The largest absolute Gasteiger partial charge is 0.496 e. The Morgan fingerprint density at radius 2 is 0.547 bits per heavy atom. The Bertz CT molecular complexity index is 2950. The van der Waals surface area contributed by atoms with Crippen LogP contribution < -0.4 is 30.4 Å². The Labute approximate surface area is 517 Å². The number of rotatable bonds is 30. The summed E-state index contributed by atoms with van der Waals surface area (Å²) in [4.78, 5) is 18.1. The Hall–Kier alpha value is -7.08. The van der Waals surface area contributed by atoms with Crippen LogP contribution in [0.3, 0.4) is 0 Å². The van der Waals surface area contributed by atoms with Crippen molar-refractivity contribution in [3.05, 3.63) is 176 Å². The lowest BCUT2D eigenvalue weighted by atomic mass is 9.68. The van der Waals surface area contributed by atoms with Gasteiger partial charge in [0.15, 0.2) is 0 Å². The van der Waals surface area contributed by atoms with E-state index in [1.165, 1.54) is 0 Å². The first kappa shape index (κ1) is 68.0. The summed E-state index contributed by atoms with van der Waals surface area (Å²) >= 11 is 0. The van der Waals surface area contributed by atoms with Gasteiger partial charge < -0.3 is 69.6 Å². The molecule has 0 unspecified atom stereocenters. The van der Waals surface area contributed by atoms with Gasteiger partial charge >= 0.3 is 0 Å². The van der Waals surface area contributed by atoms with Gasteiger partial charge in [0, 0.05) is 112 Å². The van der Waals surface area contributed by atoms with Crippen LogP contribution in [-0.4, -0.2) is 205 Å². The zero-order valence-corrected chi connectivity index (χ0v) is 55.2. The Morgan fingerprint density at radius 3 is 0.756 bits per heavy atom. The first-order valence-electron chi connectivity index (χ1n) is 29.8. The van der Waals surface area contributed by atoms with Crippen molar-refractivity contribution in [2.75, 3.05) is 177 Å². The topological polar surface area (TPSA) is 115 Å². The molecule has 14 nitrogen and oxygen atoms in total. The lowest BCUT2D eigenvalue weighted by Gasteiger charge is -2.33. The lowest BCUT2D eigenvalue weighted by Crippen LogP contribution is -2.31. The molecule has 462 valence electrons. The summed E-state index contributed by atoms with van der Waals surface area (Å²) in [6, 6.07) is 38.6. The lowest BCUT2D eigenvalue weighted by molar-refractivity contribution is 0.272. The zero-order valence-electron chi connectivity index (χ0n) is 55.2. The van der Waals surface area contributed by atoms with Crippen LogP contribution >= 0.6 is 0 Å². The van der Waals surface area contributed by atoms with Crippen LogP contribution in [0.1, 0.15) is 66.8 Å². The smallest absolute Gasteiger partial charge is 0.123 e. The van der Waals surface area contributed by atoms with Crippen molar-refractivity contribution in [3.8, 4) is 46.7 Å². The molecule has 0 spiro atoms. The van der Waals surface area contributed by atoms with Gasteiger partial charge in [0.05, 0.1) is 28.4 Å². The van der Waals surface area contributed by atoms with Gasteiger partial charge in [-0.2, -0.15) is 0 Å². The number of aryl methyl sites for hydroxylation is 2. The van der Waals surface area contributed by atoms with Crippen LogP contribution in [0.5, 0.6) is 23.0 Å². The highest BCUT2D eigenvalue weighted by molar-refractivity contribution is 5.68. The molecule has 86 heavy (non-hydrogen) atoms. The number of anilines is 2. The van der Waals surface area contributed by atoms with Gasteiger partial charge in [0.25, 0.3) is 0 Å². The van der Waals surface area contributed by atoms with E-state index in [2.05, 4.69) is 257 Å². The predicted octanol–water partition coefficient (Wildman–Crippen LogP) is 8.85. The van der Waals surface area contributed by atoms with E-state index in [1.54, 1.807) is 28.4 Å². The van der Waals surface area contributed by atoms with Gasteiger partial charge in [0.1, 0.15) is 33.8 Å². The van der Waals surface area contributed by atoms with Crippen molar-refractivity contribution < 1.29 is 18.9 Å². The Morgan fingerprint density at radius 1 is 0.326 bits per heavy atom. The predicted molar refractivity (Wildman–Crippen MR) is 358 cm³/mol. The van der Waals surface area contributed by atoms with Crippen LogP contribution in [-0.2, 0) is 37.0 Å². The molecule has 0 amide bonds. The zero-order chi connectivity index (χ0) is 62.9. The van der Waals surface area contributed by atoms with E-state index in [9.17, 15) is 0 Å². The molecule has 0 saturated carbocycles. The fourth-order valence-corrected chi connectivity index (χ4v) is 10.9. The van der Waals surface area contributed by atoms with Gasteiger partial charge in [-0.3, -0.25) is 0 Å². The summed E-state index contributed by atoms with van der Waals surface area (Å²) in [5.74, 6) is 18.4. The number of nitrogens with zero attached hydrogens (tertiary/aromatic N) is 8. The summed E-state index contributed by atoms with van der Waals surface area (Å²) in [5.41, 5.74) is 24.7. The first-order valence-corrected chi connectivity index (χ1v) is 29.8. The second-order valence-corrected chi connectivity index (χ2v) is 24.4. The van der Waals surface area contributed by atoms with Crippen LogP contribution in [0, 0.1) is 37.5 Å². The Kier molecular flexibility index (Phi) is 24.9. The van der Waals surface area contributed by atoms with Gasteiger partial charge in [0.2, 0.25) is 0 Å². The highest BCUT2D eigenvalue weighted by atomic mass is 16.5. The number of methoxy groups -OCH3 is 4. The molecule has 0 fully saturated rings. The van der Waals surface area contributed by atoms with Gasteiger partial charge in [-0.1, -0.05) is 60.4 Å². The third-order valence-electron chi connectivity index (χ3n) is 16.3. The number of nitrogens with two attached hydrogens (primary N) is 2. The van der Waals surface area contributed by atoms with Crippen molar-refractivity contribution in [2.45, 2.75) is 50.9 Å². The molecule has 6 aromatic carbocycles. The molecular formula is C72H100N10O4. The highest BCUT2D eigenvalue weighted by Crippen LogP contribution is 2.45. The normalized spacial score (nSPS) is 12.0. The van der Waals surface area contributed by atoms with E-state index in [-0.39, 0.29) is 0 Å². The average molecular weight is 1170 g/mol. The maximum Gasteiger partial charge on any atom is 0.123 e. The molecule has 0 heterocycles. The molecule has 14 heteroatoms. The third kappa shape index (κ3) is 17.3. The van der Waals surface area contributed by atoms with E-state index in [0.717, 1.165) is 142 Å². The summed E-state index contributed by atoms with van der Waals surface area (Å²) in [7, 11) is 32.4. The van der Waals surface area contributed by atoms with Crippen molar-refractivity contribution in [1.29, 1.82) is 0 Å². The van der Waals surface area contributed by atoms with Gasteiger partial charge in [-0.05, 0) is 215 Å². The molecule has 6 rings (SSSR count). The molecule has 0 bridgehead atoms. The number of hydrogen-bond acceptors (Lipinski definition) is 14. The number of hydrogen-bond donors (Lipinski definition) is 2. The second-order valence-electron chi connectivity index (χ2n) is 24.4. The molecule has 0 radical (unpaired) electrons. The van der Waals surface area contributed by atoms with Crippen LogP contribution in [0.2, 0.25) is 0 Å². The van der Waals surface area contributed by atoms with Crippen molar-refractivity contribution >= 4 is 11.4 Å². The van der Waals surface area contributed by atoms with E-state index < -0.39 is 10.8 Å². The third-order valence-corrected chi connectivity index (χ3v) is 16.3. The minimum Gasteiger partial charge on any atom is -0.496 e. The van der Waals surface area contributed by atoms with Gasteiger partial charge in [-0.25, -0.2) is 0 Å². The quantitative estimate of drug-likeness (QED) is 0.0254. The molecule has 0 aromatic heterocycles. The molecule has 4 N–H and O–H groups in total. The Balaban J connectivity index is 1.79. The van der Waals surface area contributed by atoms with E-state index >= 15 is 0 Å². The average Bonchev–Trinajstić information content (AvgIpc) is 0.913. The highest BCUT2D eigenvalue weighted by Gasteiger charge is 2.39. The number of benzene rings is 6. The fourth-order valence-electron chi connectivity index (χ4n) is 10.9. The monoisotopic (exact) mass is 1170 g/mol. The van der Waals surface area contributed by atoms with Crippen molar-refractivity contribution in [2.24, 2.45) is 0 Å². The standard InChI is InChI=1S/C72H100N10O4/c1-53-21-23-63(47-65(53)73)71(59-25-29-67(83-15)55(43-59)49-79(11)39-35-75(3)4,60-26-30-68(84-16)56(44-60)50-80(12)40-36-76(5)6)33-19-20-34-72(64-24-22-54(2)66(74)48-64,61-27-31-69(85-17)57(45-61)51-81(13)41-37-77(7)8)62-28-32-70(86-18)58(46-62)52-82(14)42-38-78(9)10/h21-32,43-48H,35-42,49-52,73-74H2,1-18H3. The van der Waals surface area contributed by atoms with Crippen LogP contribution in [0.25, 0.3) is 0 Å². The summed E-state index contributed by atoms with van der Waals surface area (Å²) < 4.78 is 24.6. The number of nitrogen functional groups attached to an aromatic ring is 2. The van der Waals surface area contributed by atoms with E-state index in [0.29, 0.717) is 37.6 Å². The molecule has 0 saturated heterocycles. The van der Waals surface area contributed by atoms with Crippen LogP contribution in [0.15, 0.2) is 109 Å². The molecule has 0 atom stereocenters. The van der Waals surface area contributed by atoms with E-state index in [4.69, 9.17) is 30.4 Å². The maximum absolute atomic E-state index is 7.01. The first-order chi connectivity index (χ1) is 41.0. The van der Waals surface area contributed by atoms with Crippen LogP contribution in [0.4, 0.5) is 11.4 Å². The summed E-state index contributed by atoms with van der Waals surface area (Å²) in [6.45, 7) is 13.7. The maximum atomic E-state index is 7.01. The molecule has 0 aliphatic carbocycles. The van der Waals surface area contributed by atoms with Crippen molar-refractivity contribution in [3.63, 3.8) is 0 Å². The van der Waals surface area contributed by atoms with E-state index in [1.807, 2.05) is 13.8 Å².